The fourth-order valence-electron chi connectivity index (χ4n) is 1.44. The van der Waals surface area contributed by atoms with Crippen molar-refractivity contribution in [1.82, 2.24) is 4.72 Å². The van der Waals surface area contributed by atoms with Crippen molar-refractivity contribution in [3.8, 4) is 6.07 Å². The molecule has 0 radical (unpaired) electrons. The lowest BCUT2D eigenvalue weighted by Gasteiger charge is -2.11. The lowest BCUT2D eigenvalue weighted by Crippen LogP contribution is -2.33. The first-order valence-corrected chi connectivity index (χ1v) is 6.97. The van der Waals surface area contributed by atoms with Crippen LogP contribution in [0.15, 0.2) is 23.1 Å². The second-order valence-corrected chi connectivity index (χ2v) is 5.60. The average molecular weight is 283 g/mol. The summed E-state index contributed by atoms with van der Waals surface area (Å²) in [6, 6.07) is 4.53. The SMILES string of the molecule is CCC(C#N)NS(=O)(=O)c1cc([N+](=O)[O-])ccc1C. The van der Waals surface area contributed by atoms with Crippen molar-refractivity contribution in [2.75, 3.05) is 0 Å². The first-order valence-electron chi connectivity index (χ1n) is 5.48. The Kier molecular flexibility index (Phi) is 4.58. The molecule has 19 heavy (non-hydrogen) atoms. The highest BCUT2D eigenvalue weighted by atomic mass is 32.2. The number of sulfonamides is 1. The highest BCUT2D eigenvalue weighted by molar-refractivity contribution is 7.89. The number of nitro benzene ring substituents is 1. The number of hydrogen-bond acceptors (Lipinski definition) is 5. The monoisotopic (exact) mass is 283 g/mol. The van der Waals surface area contributed by atoms with E-state index in [2.05, 4.69) is 4.72 Å². The van der Waals surface area contributed by atoms with E-state index in [1.807, 2.05) is 6.07 Å². The number of nitro groups is 1. The Morgan fingerprint density at radius 1 is 1.53 bits per heavy atom. The van der Waals surface area contributed by atoms with Crippen molar-refractivity contribution in [2.24, 2.45) is 0 Å². The molecule has 0 bridgehead atoms. The van der Waals surface area contributed by atoms with Gasteiger partial charge in [0.25, 0.3) is 5.69 Å². The third kappa shape index (κ3) is 3.49. The molecule has 1 atom stereocenters. The molecule has 0 aromatic heterocycles. The van der Waals surface area contributed by atoms with Crippen LogP contribution in [0.4, 0.5) is 5.69 Å². The summed E-state index contributed by atoms with van der Waals surface area (Å²) in [5.41, 5.74) is 0.0712. The minimum absolute atomic E-state index is 0.185. The van der Waals surface area contributed by atoms with E-state index in [1.54, 1.807) is 6.92 Å². The maximum absolute atomic E-state index is 12.1. The summed E-state index contributed by atoms with van der Waals surface area (Å²) < 4.78 is 26.3. The minimum atomic E-state index is -3.95. The Balaban J connectivity index is 3.25. The van der Waals surface area contributed by atoms with Crippen LogP contribution in [0.2, 0.25) is 0 Å². The van der Waals surface area contributed by atoms with E-state index in [9.17, 15) is 18.5 Å². The number of nitriles is 1. The van der Waals surface area contributed by atoms with Gasteiger partial charge in [0.05, 0.1) is 15.9 Å². The summed E-state index contributed by atoms with van der Waals surface area (Å²) in [6.07, 6.45) is 0.309. The molecule has 0 saturated carbocycles. The van der Waals surface area contributed by atoms with Crippen molar-refractivity contribution < 1.29 is 13.3 Å². The molecular weight excluding hydrogens is 270 g/mol. The van der Waals surface area contributed by atoms with Gasteiger partial charge in [-0.15, -0.1) is 0 Å². The summed E-state index contributed by atoms with van der Waals surface area (Å²) in [4.78, 5) is 9.81. The van der Waals surface area contributed by atoms with Gasteiger partial charge in [-0.25, -0.2) is 8.42 Å². The van der Waals surface area contributed by atoms with Gasteiger partial charge in [0.1, 0.15) is 6.04 Å². The molecule has 0 heterocycles. The highest BCUT2D eigenvalue weighted by Gasteiger charge is 2.23. The van der Waals surface area contributed by atoms with Gasteiger partial charge in [-0.05, 0) is 18.9 Å². The second-order valence-electron chi connectivity index (χ2n) is 3.92. The Morgan fingerprint density at radius 2 is 2.16 bits per heavy atom. The Labute approximate surface area is 111 Å². The van der Waals surface area contributed by atoms with Crippen LogP contribution < -0.4 is 4.72 Å². The molecule has 0 aliphatic rings. The minimum Gasteiger partial charge on any atom is -0.258 e. The molecule has 1 unspecified atom stereocenters. The van der Waals surface area contributed by atoms with Crippen LogP contribution in [0.5, 0.6) is 0 Å². The van der Waals surface area contributed by atoms with E-state index in [0.29, 0.717) is 12.0 Å². The topological polar surface area (TPSA) is 113 Å². The molecule has 0 amide bonds. The molecule has 7 nitrogen and oxygen atoms in total. The van der Waals surface area contributed by atoms with E-state index in [1.165, 1.54) is 19.1 Å². The normalized spacial score (nSPS) is 12.7. The number of aryl methyl sites for hydroxylation is 1. The first-order chi connectivity index (χ1) is 8.81. The first kappa shape index (κ1) is 15.1. The fraction of sp³-hybridized carbons (Fsp3) is 0.364. The molecule has 102 valence electrons. The van der Waals surface area contributed by atoms with Gasteiger partial charge in [0, 0.05) is 12.1 Å². The van der Waals surface area contributed by atoms with E-state index >= 15 is 0 Å². The molecule has 0 aliphatic heterocycles. The molecule has 8 heteroatoms. The van der Waals surface area contributed by atoms with Crippen LogP contribution in [0.3, 0.4) is 0 Å². The van der Waals surface area contributed by atoms with Crippen molar-refractivity contribution in [3.05, 3.63) is 33.9 Å². The van der Waals surface area contributed by atoms with Gasteiger partial charge in [0.15, 0.2) is 0 Å². The van der Waals surface area contributed by atoms with Crippen LogP contribution in [-0.2, 0) is 10.0 Å². The lowest BCUT2D eigenvalue weighted by molar-refractivity contribution is -0.385. The van der Waals surface area contributed by atoms with Crippen molar-refractivity contribution in [3.63, 3.8) is 0 Å². The van der Waals surface area contributed by atoms with Gasteiger partial charge in [-0.2, -0.15) is 9.98 Å². The van der Waals surface area contributed by atoms with Crippen LogP contribution >= 0.6 is 0 Å². The predicted molar refractivity (Wildman–Crippen MR) is 67.8 cm³/mol. The number of rotatable bonds is 5. The maximum Gasteiger partial charge on any atom is 0.270 e. The van der Waals surface area contributed by atoms with E-state index in [0.717, 1.165) is 6.07 Å². The molecule has 1 aromatic carbocycles. The molecule has 0 spiro atoms. The number of benzene rings is 1. The molecule has 1 aromatic rings. The number of hydrogen-bond donors (Lipinski definition) is 1. The molecule has 0 aliphatic carbocycles. The maximum atomic E-state index is 12.1. The molecule has 1 N–H and O–H groups in total. The third-order valence-electron chi connectivity index (χ3n) is 2.53. The summed E-state index contributed by atoms with van der Waals surface area (Å²) in [7, 11) is -3.95. The number of nitrogens with zero attached hydrogens (tertiary/aromatic N) is 2. The number of nitrogens with one attached hydrogen (secondary N) is 1. The number of non-ortho nitro benzene ring substituents is 1. The van der Waals surface area contributed by atoms with E-state index in [4.69, 9.17) is 5.26 Å². The summed E-state index contributed by atoms with van der Waals surface area (Å²) >= 11 is 0. The van der Waals surface area contributed by atoms with Gasteiger partial charge in [-0.1, -0.05) is 13.0 Å². The lowest BCUT2D eigenvalue weighted by atomic mass is 10.2. The molecule has 0 saturated heterocycles. The van der Waals surface area contributed by atoms with Gasteiger partial charge >= 0.3 is 0 Å². The smallest absolute Gasteiger partial charge is 0.258 e. The Hall–Kier alpha value is -1.98. The van der Waals surface area contributed by atoms with Gasteiger partial charge in [0.2, 0.25) is 10.0 Å². The zero-order chi connectivity index (χ0) is 14.6. The van der Waals surface area contributed by atoms with Crippen LogP contribution in [-0.4, -0.2) is 19.4 Å². The van der Waals surface area contributed by atoms with E-state index < -0.39 is 21.0 Å². The molecule has 1 rings (SSSR count). The van der Waals surface area contributed by atoms with Crippen molar-refractivity contribution in [1.29, 1.82) is 5.26 Å². The zero-order valence-corrected chi connectivity index (χ0v) is 11.3. The van der Waals surface area contributed by atoms with Gasteiger partial charge < -0.3 is 0 Å². The van der Waals surface area contributed by atoms with Crippen molar-refractivity contribution >= 4 is 15.7 Å². The second kappa shape index (κ2) is 5.77. The van der Waals surface area contributed by atoms with Crippen LogP contribution in [0, 0.1) is 28.4 Å². The molecular formula is C11H13N3O4S. The van der Waals surface area contributed by atoms with E-state index in [-0.39, 0.29) is 10.6 Å². The quantitative estimate of drug-likeness (QED) is 0.649. The predicted octanol–water partition coefficient (Wildman–Crippen LogP) is 1.48. The average Bonchev–Trinajstić information content (AvgIpc) is 2.35. The van der Waals surface area contributed by atoms with Crippen LogP contribution in [0.25, 0.3) is 0 Å². The fourth-order valence-corrected chi connectivity index (χ4v) is 2.93. The summed E-state index contributed by atoms with van der Waals surface area (Å²) in [6.45, 7) is 3.20. The highest BCUT2D eigenvalue weighted by Crippen LogP contribution is 2.21. The Morgan fingerprint density at radius 3 is 2.63 bits per heavy atom. The Bertz CT molecular complexity index is 634. The third-order valence-corrected chi connectivity index (χ3v) is 4.15. The van der Waals surface area contributed by atoms with Gasteiger partial charge in [-0.3, -0.25) is 10.1 Å². The summed E-state index contributed by atoms with van der Waals surface area (Å²) in [5.74, 6) is 0. The largest absolute Gasteiger partial charge is 0.270 e. The molecule has 0 fully saturated rings. The zero-order valence-electron chi connectivity index (χ0n) is 10.5. The standard InChI is InChI=1S/C11H13N3O4S/c1-3-9(7-12)13-19(17,18)11-6-10(14(15)16)5-4-8(11)2/h4-6,9,13H,3H2,1-2H3. The van der Waals surface area contributed by atoms with Crippen LogP contribution in [0.1, 0.15) is 18.9 Å². The van der Waals surface area contributed by atoms with Crippen molar-refractivity contribution in [2.45, 2.75) is 31.2 Å². The summed E-state index contributed by atoms with van der Waals surface area (Å²) in [5, 5.41) is 19.4.